The molecule has 7 heteroatoms. The lowest BCUT2D eigenvalue weighted by Crippen LogP contribution is -2.52. The normalized spacial score (nSPS) is 28.4. The van der Waals surface area contributed by atoms with Crippen LogP contribution < -0.4 is 5.32 Å². The summed E-state index contributed by atoms with van der Waals surface area (Å²) in [6.07, 6.45) is 2.53. The maximum atomic E-state index is 13.5. The number of hydrogen-bond donors (Lipinski definition) is 2. The van der Waals surface area contributed by atoms with Crippen LogP contribution >= 0.6 is 0 Å². The van der Waals surface area contributed by atoms with Crippen molar-refractivity contribution < 1.29 is 14.7 Å². The predicted molar refractivity (Wildman–Crippen MR) is 117 cm³/mol. The van der Waals surface area contributed by atoms with Gasteiger partial charge in [0.05, 0.1) is 12.2 Å². The van der Waals surface area contributed by atoms with Crippen molar-refractivity contribution in [2.75, 3.05) is 6.54 Å². The Bertz CT molecular complexity index is 1040. The number of nitrogens with one attached hydrogen (secondary N) is 1. The number of aromatic nitrogens is 2. The Morgan fingerprint density at radius 1 is 1.16 bits per heavy atom. The highest BCUT2D eigenvalue weighted by molar-refractivity contribution is 5.95. The van der Waals surface area contributed by atoms with Crippen molar-refractivity contribution in [1.82, 2.24) is 19.8 Å². The fourth-order valence-electron chi connectivity index (χ4n) is 6.38. The van der Waals surface area contributed by atoms with Crippen LogP contribution in [-0.4, -0.2) is 44.1 Å². The number of hydrogen-bond acceptors (Lipinski definition) is 3. The number of carboxylic acid groups (broad SMARTS) is 1. The van der Waals surface area contributed by atoms with E-state index >= 15 is 0 Å². The molecule has 0 saturated heterocycles. The minimum atomic E-state index is -0.971. The van der Waals surface area contributed by atoms with Crippen molar-refractivity contribution in [3.63, 3.8) is 0 Å². The highest BCUT2D eigenvalue weighted by Gasteiger charge is 2.59. The Morgan fingerprint density at radius 3 is 2.55 bits per heavy atom. The van der Waals surface area contributed by atoms with Crippen LogP contribution in [0.15, 0.2) is 30.3 Å². The van der Waals surface area contributed by atoms with Crippen molar-refractivity contribution in [2.45, 2.75) is 59.2 Å². The van der Waals surface area contributed by atoms with E-state index < -0.39 is 6.09 Å². The van der Waals surface area contributed by atoms with Gasteiger partial charge in [-0.15, -0.1) is 0 Å². The topological polar surface area (TPSA) is 87.5 Å². The number of carbonyl (C=O) groups excluding carboxylic acids is 1. The molecule has 3 atom stereocenters. The summed E-state index contributed by atoms with van der Waals surface area (Å²) in [7, 11) is 0. The third kappa shape index (κ3) is 3.05. The van der Waals surface area contributed by atoms with Crippen molar-refractivity contribution in [3.05, 3.63) is 41.7 Å². The standard InChI is InChI=1S/C24H30N4O3/c1-23(2)16-9-10-24(3,13-16)21(23)26-20(29)18-17-14-27(22(30)31)11-12-28(17)19(25-18)15-7-5-4-6-8-15/h4-8,16,21H,9-14H2,1-3H3,(H,26,29)(H,30,31). The second-order valence-corrected chi connectivity index (χ2v) is 10.3. The fraction of sp³-hybridized carbons (Fsp3) is 0.542. The Morgan fingerprint density at radius 2 is 1.90 bits per heavy atom. The summed E-state index contributed by atoms with van der Waals surface area (Å²) >= 11 is 0. The smallest absolute Gasteiger partial charge is 0.407 e. The SMILES string of the molecule is CC12CCC(C1)C(C)(C)C2NC(=O)c1nc(-c2ccccc2)n2c1CN(C(=O)O)CC2. The summed E-state index contributed by atoms with van der Waals surface area (Å²) in [5.41, 5.74) is 2.11. The highest BCUT2D eigenvalue weighted by atomic mass is 16.4. The second kappa shape index (κ2) is 6.84. The molecule has 31 heavy (non-hydrogen) atoms. The van der Waals surface area contributed by atoms with Crippen LogP contribution in [0.2, 0.25) is 0 Å². The van der Waals surface area contributed by atoms with Gasteiger partial charge < -0.3 is 19.9 Å². The van der Waals surface area contributed by atoms with E-state index in [1.54, 1.807) is 0 Å². The molecule has 2 saturated carbocycles. The van der Waals surface area contributed by atoms with E-state index in [2.05, 4.69) is 26.1 Å². The molecule has 2 N–H and O–H groups in total. The average Bonchev–Trinajstić information content (AvgIpc) is 3.38. The van der Waals surface area contributed by atoms with Crippen LogP contribution in [0.5, 0.6) is 0 Å². The van der Waals surface area contributed by atoms with E-state index in [0.29, 0.717) is 30.4 Å². The first-order chi connectivity index (χ1) is 14.7. The van der Waals surface area contributed by atoms with Crippen LogP contribution in [0, 0.1) is 16.7 Å². The molecule has 2 aromatic rings. The first-order valence-electron chi connectivity index (χ1n) is 11.1. The van der Waals surface area contributed by atoms with Crippen LogP contribution in [0.3, 0.4) is 0 Å². The molecular weight excluding hydrogens is 392 g/mol. The van der Waals surface area contributed by atoms with Crippen molar-refractivity contribution in [2.24, 2.45) is 16.7 Å². The maximum Gasteiger partial charge on any atom is 0.407 e. The molecule has 1 aromatic heterocycles. The largest absolute Gasteiger partial charge is 0.465 e. The molecule has 2 bridgehead atoms. The summed E-state index contributed by atoms with van der Waals surface area (Å²) < 4.78 is 2.01. The van der Waals surface area contributed by atoms with E-state index in [4.69, 9.17) is 4.98 Å². The Balaban J connectivity index is 1.52. The molecule has 7 nitrogen and oxygen atoms in total. The zero-order valence-corrected chi connectivity index (χ0v) is 18.4. The van der Waals surface area contributed by atoms with Crippen molar-refractivity contribution in [3.8, 4) is 11.4 Å². The van der Waals surface area contributed by atoms with E-state index in [9.17, 15) is 14.7 Å². The molecule has 3 unspecified atom stereocenters. The van der Waals surface area contributed by atoms with Gasteiger partial charge in [-0.25, -0.2) is 9.78 Å². The fourth-order valence-corrected chi connectivity index (χ4v) is 6.38. The number of fused-ring (bicyclic) bond motifs is 3. The van der Waals surface area contributed by atoms with Gasteiger partial charge in [-0.2, -0.15) is 0 Å². The lowest BCUT2D eigenvalue weighted by Gasteiger charge is -2.43. The van der Waals surface area contributed by atoms with E-state index in [-0.39, 0.29) is 29.3 Å². The van der Waals surface area contributed by atoms with Crippen LogP contribution in [0.4, 0.5) is 4.79 Å². The summed E-state index contributed by atoms with van der Waals surface area (Å²) in [6.45, 7) is 7.85. The van der Waals surface area contributed by atoms with E-state index in [1.807, 2.05) is 34.9 Å². The zero-order chi connectivity index (χ0) is 22.0. The van der Waals surface area contributed by atoms with Crippen LogP contribution in [0.1, 0.15) is 56.2 Å². The van der Waals surface area contributed by atoms with Crippen LogP contribution in [-0.2, 0) is 13.1 Å². The zero-order valence-electron chi connectivity index (χ0n) is 18.4. The quantitative estimate of drug-likeness (QED) is 0.783. The molecule has 2 fully saturated rings. The number of rotatable bonds is 3. The monoisotopic (exact) mass is 422 g/mol. The van der Waals surface area contributed by atoms with Gasteiger partial charge >= 0.3 is 6.09 Å². The lowest BCUT2D eigenvalue weighted by atomic mass is 9.68. The van der Waals surface area contributed by atoms with Gasteiger partial charge in [-0.1, -0.05) is 51.1 Å². The van der Waals surface area contributed by atoms with E-state index in [1.165, 1.54) is 11.3 Å². The number of carbonyl (C=O) groups is 2. The Kier molecular flexibility index (Phi) is 4.43. The third-order valence-electron chi connectivity index (χ3n) is 8.07. The molecule has 2 amide bonds. The average molecular weight is 423 g/mol. The Labute approximate surface area is 182 Å². The van der Waals surface area contributed by atoms with Gasteiger partial charge in [0.2, 0.25) is 0 Å². The number of nitrogens with zero attached hydrogens (tertiary/aromatic N) is 3. The molecule has 0 spiro atoms. The number of amides is 2. The van der Waals surface area contributed by atoms with Gasteiger partial charge in [-0.05, 0) is 36.0 Å². The van der Waals surface area contributed by atoms with E-state index in [0.717, 1.165) is 24.2 Å². The molecular formula is C24H30N4O3. The summed E-state index contributed by atoms with van der Waals surface area (Å²) in [5, 5.41) is 12.9. The van der Waals surface area contributed by atoms with Gasteiger partial charge in [0.1, 0.15) is 5.82 Å². The molecule has 5 rings (SSSR count). The minimum absolute atomic E-state index is 0.0395. The first-order valence-corrected chi connectivity index (χ1v) is 11.1. The first kappa shape index (κ1) is 20.1. The maximum absolute atomic E-state index is 13.5. The number of benzene rings is 1. The van der Waals surface area contributed by atoms with Crippen LogP contribution in [0.25, 0.3) is 11.4 Å². The predicted octanol–water partition coefficient (Wildman–Crippen LogP) is 3.99. The lowest BCUT2D eigenvalue weighted by molar-refractivity contribution is 0.0729. The third-order valence-corrected chi connectivity index (χ3v) is 8.07. The Hall–Kier alpha value is -2.83. The highest BCUT2D eigenvalue weighted by Crippen LogP contribution is 2.62. The molecule has 1 aliphatic heterocycles. The van der Waals surface area contributed by atoms with Gasteiger partial charge in [0.25, 0.3) is 5.91 Å². The van der Waals surface area contributed by atoms with Crippen molar-refractivity contribution in [1.29, 1.82) is 0 Å². The molecule has 2 heterocycles. The van der Waals surface area contributed by atoms with Gasteiger partial charge in [0.15, 0.2) is 5.69 Å². The minimum Gasteiger partial charge on any atom is -0.465 e. The molecule has 1 aromatic carbocycles. The summed E-state index contributed by atoms with van der Waals surface area (Å²) in [4.78, 5) is 31.3. The second-order valence-electron chi connectivity index (χ2n) is 10.3. The summed E-state index contributed by atoms with van der Waals surface area (Å²) in [5.74, 6) is 1.16. The molecule has 2 aliphatic carbocycles. The summed E-state index contributed by atoms with van der Waals surface area (Å²) in [6, 6.07) is 9.87. The molecule has 164 valence electrons. The van der Waals surface area contributed by atoms with Gasteiger partial charge in [-0.3, -0.25) is 4.79 Å². The van der Waals surface area contributed by atoms with Crippen molar-refractivity contribution >= 4 is 12.0 Å². The molecule has 0 radical (unpaired) electrons. The van der Waals surface area contributed by atoms with Gasteiger partial charge in [0, 0.05) is 24.7 Å². The number of imidazole rings is 1. The molecule has 3 aliphatic rings.